The highest BCUT2D eigenvalue weighted by Crippen LogP contribution is 2.37. The van der Waals surface area contributed by atoms with Crippen LogP contribution in [-0.4, -0.2) is 49.7 Å². The van der Waals surface area contributed by atoms with Crippen molar-refractivity contribution in [3.05, 3.63) is 41.0 Å². The third-order valence-corrected chi connectivity index (χ3v) is 7.04. The first kappa shape index (κ1) is 18.7. The molecule has 0 saturated carbocycles. The van der Waals surface area contributed by atoms with Gasteiger partial charge in [-0.15, -0.1) is 0 Å². The highest BCUT2D eigenvalue weighted by Gasteiger charge is 2.32. The first-order chi connectivity index (χ1) is 13.1. The van der Waals surface area contributed by atoms with Crippen LogP contribution in [-0.2, 0) is 22.0 Å². The van der Waals surface area contributed by atoms with Gasteiger partial charge in [0.2, 0.25) is 0 Å². The Hall–Kier alpha value is -2.63. The molecule has 146 valence electrons. The van der Waals surface area contributed by atoms with E-state index in [4.69, 9.17) is 4.98 Å². The molecule has 0 radical (unpaired) electrons. The summed E-state index contributed by atoms with van der Waals surface area (Å²) in [5.74, 6) is 0.961. The molecule has 3 aromatic rings. The van der Waals surface area contributed by atoms with Crippen molar-refractivity contribution in [3.63, 3.8) is 0 Å². The molecule has 0 bridgehead atoms. The average molecular weight is 398 g/mol. The van der Waals surface area contributed by atoms with E-state index in [9.17, 15) is 13.7 Å². The van der Waals surface area contributed by atoms with Crippen molar-refractivity contribution in [1.29, 1.82) is 5.26 Å². The van der Waals surface area contributed by atoms with E-state index >= 15 is 0 Å². The van der Waals surface area contributed by atoms with Gasteiger partial charge in [0.05, 0.1) is 28.1 Å². The summed E-state index contributed by atoms with van der Waals surface area (Å²) in [6.07, 6.45) is 0.374. The molecular weight excluding hydrogens is 374 g/mol. The van der Waals surface area contributed by atoms with Crippen molar-refractivity contribution >= 4 is 32.3 Å². The molecule has 5 rings (SSSR count). The summed E-state index contributed by atoms with van der Waals surface area (Å²) in [6, 6.07) is 10.1. The van der Waals surface area contributed by atoms with Crippen molar-refractivity contribution in [2.24, 2.45) is 0 Å². The molecule has 8 heteroatoms. The fraction of sp³-hybridized carbons (Fsp3) is 0.400. The molecule has 4 heterocycles. The van der Waals surface area contributed by atoms with Gasteiger partial charge in [-0.3, -0.25) is 4.40 Å². The van der Waals surface area contributed by atoms with Crippen LogP contribution in [0.2, 0.25) is 0 Å². The van der Waals surface area contributed by atoms with Gasteiger partial charge < -0.3 is 10.2 Å². The maximum atomic E-state index is 12.4. The Balaban J connectivity index is 0.00000192. The molecule has 1 aromatic carbocycles. The van der Waals surface area contributed by atoms with Crippen LogP contribution in [0.4, 0.5) is 5.82 Å². The monoisotopic (exact) mass is 397 g/mol. The number of nitrogens with zero attached hydrogens (tertiary/aromatic N) is 4. The van der Waals surface area contributed by atoms with Crippen LogP contribution in [0.3, 0.4) is 0 Å². The number of sulfone groups is 1. The third-order valence-electron chi connectivity index (χ3n) is 5.49. The summed E-state index contributed by atoms with van der Waals surface area (Å²) in [6.45, 7) is 3.27. The highest BCUT2D eigenvalue weighted by molar-refractivity contribution is 7.90. The summed E-state index contributed by atoms with van der Waals surface area (Å²) in [5, 5.41) is 13.2. The normalized spacial score (nSPS) is 18.5. The molecule has 0 spiro atoms. The topological polar surface area (TPSA) is 90.5 Å². The lowest BCUT2D eigenvalue weighted by Crippen LogP contribution is -2.45. The van der Waals surface area contributed by atoms with Crippen LogP contribution in [0.25, 0.3) is 16.7 Å². The summed E-state index contributed by atoms with van der Waals surface area (Å²) >= 11 is 0. The Morgan fingerprint density at radius 1 is 1.14 bits per heavy atom. The number of anilines is 1. The Bertz CT molecular complexity index is 1220. The lowest BCUT2D eigenvalue weighted by atomic mass is 10.0. The number of fused-ring (bicyclic) bond motifs is 4. The molecule has 2 aliphatic heterocycles. The maximum absolute atomic E-state index is 12.4. The number of piperazine rings is 1. The molecular formula is C20H23N5O2S. The van der Waals surface area contributed by atoms with E-state index in [1.165, 1.54) is 0 Å². The molecule has 1 fully saturated rings. The molecule has 0 amide bonds. The summed E-state index contributed by atoms with van der Waals surface area (Å²) in [5.41, 5.74) is 4.48. The molecule has 28 heavy (non-hydrogen) atoms. The van der Waals surface area contributed by atoms with E-state index < -0.39 is 9.84 Å². The third kappa shape index (κ3) is 2.74. The molecule has 1 saturated heterocycles. The van der Waals surface area contributed by atoms with E-state index in [1.54, 1.807) is 0 Å². The van der Waals surface area contributed by atoms with Crippen LogP contribution >= 0.6 is 0 Å². The molecule has 0 atom stereocenters. The standard InChI is InChI=1S/C19H19N5O2S.CH4/c20-11-14-13-5-10-27(25,26)12-15(13)19(23-8-6-21-7-9-23)24-17-4-2-1-3-16(17)22-18(14)24;/h1-4,21H,5-10,12H2;1H4. The minimum Gasteiger partial charge on any atom is -0.355 e. The second-order valence-corrected chi connectivity index (χ2v) is 9.29. The largest absolute Gasteiger partial charge is 0.355 e. The van der Waals surface area contributed by atoms with Crippen LogP contribution in [0.1, 0.15) is 24.1 Å². The first-order valence-electron chi connectivity index (χ1n) is 9.10. The molecule has 2 aromatic heterocycles. The van der Waals surface area contributed by atoms with Crippen LogP contribution in [0, 0.1) is 11.3 Å². The average Bonchev–Trinajstić information content (AvgIpc) is 3.05. The zero-order valence-electron chi connectivity index (χ0n) is 14.8. The van der Waals surface area contributed by atoms with Crippen LogP contribution in [0.5, 0.6) is 0 Å². The Kier molecular flexibility index (Phi) is 4.52. The van der Waals surface area contributed by atoms with Crippen molar-refractivity contribution < 1.29 is 8.42 Å². The van der Waals surface area contributed by atoms with Crippen molar-refractivity contribution in [1.82, 2.24) is 14.7 Å². The molecule has 2 aliphatic rings. The van der Waals surface area contributed by atoms with Gasteiger partial charge >= 0.3 is 0 Å². The Morgan fingerprint density at radius 2 is 1.89 bits per heavy atom. The zero-order chi connectivity index (χ0) is 18.6. The fourth-order valence-corrected chi connectivity index (χ4v) is 5.67. The molecule has 0 aliphatic carbocycles. The van der Waals surface area contributed by atoms with Crippen molar-refractivity contribution in [3.8, 4) is 6.07 Å². The number of imidazole rings is 1. The van der Waals surface area contributed by atoms with E-state index in [-0.39, 0.29) is 18.9 Å². The first-order valence-corrected chi connectivity index (χ1v) is 10.9. The lowest BCUT2D eigenvalue weighted by Gasteiger charge is -2.34. The van der Waals surface area contributed by atoms with E-state index in [0.29, 0.717) is 17.6 Å². The number of aromatic nitrogens is 2. The number of para-hydroxylation sites is 2. The van der Waals surface area contributed by atoms with E-state index in [2.05, 4.69) is 16.3 Å². The fourth-order valence-electron chi connectivity index (χ4n) is 4.27. The van der Waals surface area contributed by atoms with Crippen molar-refractivity contribution in [2.75, 3.05) is 36.8 Å². The molecule has 1 N–H and O–H groups in total. The molecule has 7 nitrogen and oxygen atoms in total. The van der Waals surface area contributed by atoms with Gasteiger partial charge in [-0.1, -0.05) is 19.6 Å². The van der Waals surface area contributed by atoms with Gasteiger partial charge in [0.25, 0.3) is 0 Å². The van der Waals surface area contributed by atoms with Gasteiger partial charge in [0, 0.05) is 31.7 Å². The number of hydrogen-bond donors (Lipinski definition) is 1. The number of rotatable bonds is 1. The second-order valence-electron chi connectivity index (χ2n) is 7.11. The smallest absolute Gasteiger partial charge is 0.157 e. The number of pyridine rings is 1. The van der Waals surface area contributed by atoms with Gasteiger partial charge in [-0.25, -0.2) is 13.4 Å². The SMILES string of the molecule is C.N#Cc1c2c(c(N3CCNCC3)n3c1nc1ccccc13)CS(=O)(=O)CC2. The summed E-state index contributed by atoms with van der Waals surface area (Å²) in [7, 11) is -3.17. The Morgan fingerprint density at radius 3 is 2.64 bits per heavy atom. The van der Waals surface area contributed by atoms with Gasteiger partial charge in [-0.05, 0) is 24.1 Å². The number of hydrogen-bond acceptors (Lipinski definition) is 6. The highest BCUT2D eigenvalue weighted by atomic mass is 32.2. The number of nitrogens with one attached hydrogen (secondary N) is 1. The predicted octanol–water partition coefficient (Wildman–Crippen LogP) is 1.88. The Labute approximate surface area is 164 Å². The minimum absolute atomic E-state index is 0. The number of benzene rings is 1. The van der Waals surface area contributed by atoms with Crippen LogP contribution < -0.4 is 10.2 Å². The quantitative estimate of drug-likeness (QED) is 0.674. The van der Waals surface area contributed by atoms with E-state index in [0.717, 1.165) is 54.2 Å². The van der Waals surface area contributed by atoms with Gasteiger partial charge in [-0.2, -0.15) is 5.26 Å². The maximum Gasteiger partial charge on any atom is 0.157 e. The number of nitriles is 1. The minimum atomic E-state index is -3.17. The van der Waals surface area contributed by atoms with Gasteiger partial charge in [0.1, 0.15) is 11.9 Å². The van der Waals surface area contributed by atoms with E-state index in [1.807, 2.05) is 28.7 Å². The molecule has 0 unspecified atom stereocenters. The lowest BCUT2D eigenvalue weighted by molar-refractivity contribution is 0.578. The zero-order valence-corrected chi connectivity index (χ0v) is 15.6. The summed E-state index contributed by atoms with van der Waals surface area (Å²) in [4.78, 5) is 6.97. The predicted molar refractivity (Wildman–Crippen MR) is 110 cm³/mol. The van der Waals surface area contributed by atoms with Crippen molar-refractivity contribution in [2.45, 2.75) is 19.6 Å². The van der Waals surface area contributed by atoms with Crippen LogP contribution in [0.15, 0.2) is 24.3 Å². The summed E-state index contributed by atoms with van der Waals surface area (Å²) < 4.78 is 26.9. The second kappa shape index (κ2) is 6.76. The van der Waals surface area contributed by atoms with Gasteiger partial charge in [0.15, 0.2) is 15.5 Å².